The van der Waals surface area contributed by atoms with Gasteiger partial charge in [0, 0.05) is 32.4 Å². The van der Waals surface area contributed by atoms with Crippen molar-refractivity contribution in [3.05, 3.63) is 47.5 Å². The van der Waals surface area contributed by atoms with Gasteiger partial charge in [-0.05, 0) is 12.1 Å². The predicted molar refractivity (Wildman–Crippen MR) is 70.0 cm³/mol. The zero-order valence-corrected chi connectivity index (χ0v) is 10.9. The van der Waals surface area contributed by atoms with E-state index in [1.807, 2.05) is 7.05 Å². The molecule has 0 aliphatic carbocycles. The number of nitrogens with two attached hydrogens (primary N) is 1. The van der Waals surface area contributed by atoms with Crippen molar-refractivity contribution in [3.8, 4) is 0 Å². The summed E-state index contributed by atoms with van der Waals surface area (Å²) in [6, 6.07) is 2.04. The molecule has 5 nitrogen and oxygen atoms in total. The summed E-state index contributed by atoms with van der Waals surface area (Å²) in [6.45, 7) is 0.220. The number of nitrogens with one attached hydrogen (secondary N) is 1. The summed E-state index contributed by atoms with van der Waals surface area (Å²) in [7, 11) is 1.82. The van der Waals surface area contributed by atoms with Crippen LogP contribution in [0.3, 0.4) is 0 Å². The highest BCUT2D eigenvalue weighted by Gasteiger charge is 2.19. The lowest BCUT2D eigenvalue weighted by Gasteiger charge is -2.08. The van der Waals surface area contributed by atoms with Gasteiger partial charge in [-0.15, -0.1) is 0 Å². The van der Waals surface area contributed by atoms with Gasteiger partial charge in [-0.2, -0.15) is 0 Å². The zero-order chi connectivity index (χ0) is 14.7. The molecule has 1 heterocycles. The number of carbonyl (C=O) groups is 1. The Morgan fingerprint density at radius 3 is 2.85 bits per heavy atom. The monoisotopic (exact) mass is 280 g/mol. The van der Waals surface area contributed by atoms with Crippen molar-refractivity contribution in [1.82, 2.24) is 14.9 Å². The first kappa shape index (κ1) is 14.0. The lowest BCUT2D eigenvalue weighted by atomic mass is 10.1. The molecule has 0 radical (unpaired) electrons. The molecule has 1 aromatic heterocycles. The van der Waals surface area contributed by atoms with Crippen molar-refractivity contribution in [2.45, 2.75) is 6.42 Å². The molecule has 0 fully saturated rings. The van der Waals surface area contributed by atoms with Gasteiger partial charge in [0.1, 0.15) is 17.2 Å². The van der Waals surface area contributed by atoms with Gasteiger partial charge in [-0.3, -0.25) is 4.79 Å². The topological polar surface area (TPSA) is 72.9 Å². The fourth-order valence-electron chi connectivity index (χ4n) is 1.79. The Hall–Kier alpha value is -2.44. The molecule has 106 valence electrons. The van der Waals surface area contributed by atoms with E-state index in [0.29, 0.717) is 6.42 Å². The summed E-state index contributed by atoms with van der Waals surface area (Å²) < 4.78 is 28.9. The fraction of sp³-hybridized carbons (Fsp3) is 0.231. The van der Waals surface area contributed by atoms with E-state index in [-0.39, 0.29) is 12.2 Å². The third-order valence-corrected chi connectivity index (χ3v) is 2.90. The number of halogens is 2. The molecule has 7 heteroatoms. The van der Waals surface area contributed by atoms with Gasteiger partial charge in [0.05, 0.1) is 5.69 Å². The summed E-state index contributed by atoms with van der Waals surface area (Å²) in [6.07, 6.45) is 3.86. The van der Waals surface area contributed by atoms with Crippen LogP contribution in [0.25, 0.3) is 0 Å². The van der Waals surface area contributed by atoms with Gasteiger partial charge in [-0.25, -0.2) is 13.8 Å². The molecule has 1 aromatic carbocycles. The molecule has 2 aromatic rings. The average molecular weight is 280 g/mol. The van der Waals surface area contributed by atoms with Crippen LogP contribution in [0.5, 0.6) is 0 Å². The first-order valence-corrected chi connectivity index (χ1v) is 5.98. The molecule has 0 aliphatic rings. The number of nitrogens with zero attached hydrogens (tertiary/aromatic N) is 2. The third-order valence-electron chi connectivity index (χ3n) is 2.90. The Morgan fingerprint density at radius 2 is 2.20 bits per heavy atom. The van der Waals surface area contributed by atoms with Gasteiger partial charge in [0.25, 0.3) is 5.91 Å². The Labute approximate surface area is 114 Å². The molecule has 0 spiro atoms. The van der Waals surface area contributed by atoms with Crippen LogP contribution in [-0.2, 0) is 13.5 Å². The van der Waals surface area contributed by atoms with Crippen molar-refractivity contribution >= 4 is 11.6 Å². The number of nitrogen functional groups attached to an aromatic ring is 1. The van der Waals surface area contributed by atoms with Crippen LogP contribution in [0, 0.1) is 11.6 Å². The quantitative estimate of drug-likeness (QED) is 0.828. The van der Waals surface area contributed by atoms with Gasteiger partial charge in [0.2, 0.25) is 0 Å². The summed E-state index contributed by atoms with van der Waals surface area (Å²) in [5.74, 6) is -2.05. The number of imidazole rings is 1. The van der Waals surface area contributed by atoms with Gasteiger partial charge in [0.15, 0.2) is 5.82 Å². The van der Waals surface area contributed by atoms with Crippen LogP contribution in [0.4, 0.5) is 14.5 Å². The highest BCUT2D eigenvalue weighted by molar-refractivity contribution is 5.95. The molecular weight excluding hydrogens is 266 g/mol. The minimum Gasteiger partial charge on any atom is -0.396 e. The molecule has 1 amide bonds. The Morgan fingerprint density at radius 1 is 1.45 bits per heavy atom. The first-order chi connectivity index (χ1) is 9.50. The van der Waals surface area contributed by atoms with E-state index < -0.39 is 23.1 Å². The van der Waals surface area contributed by atoms with Crippen LogP contribution >= 0.6 is 0 Å². The lowest BCUT2D eigenvalue weighted by Crippen LogP contribution is -2.28. The minimum absolute atomic E-state index is 0.220. The highest BCUT2D eigenvalue weighted by atomic mass is 19.1. The molecule has 0 saturated heterocycles. The van der Waals surface area contributed by atoms with Crippen LogP contribution in [0.1, 0.15) is 16.2 Å². The van der Waals surface area contributed by atoms with Crippen LogP contribution < -0.4 is 11.1 Å². The zero-order valence-electron chi connectivity index (χ0n) is 10.9. The van der Waals surface area contributed by atoms with Crippen molar-refractivity contribution in [2.75, 3.05) is 12.3 Å². The van der Waals surface area contributed by atoms with E-state index in [4.69, 9.17) is 5.73 Å². The highest BCUT2D eigenvalue weighted by Crippen LogP contribution is 2.18. The van der Waals surface area contributed by atoms with Crippen molar-refractivity contribution in [2.24, 2.45) is 7.05 Å². The SMILES string of the molecule is Cn1ccnc1CCNC(=O)c1c(F)ccc(N)c1F. The number of amides is 1. The molecule has 3 N–H and O–H groups in total. The normalized spacial score (nSPS) is 10.6. The maximum Gasteiger partial charge on any atom is 0.257 e. The maximum atomic E-state index is 13.6. The van der Waals surface area contributed by atoms with E-state index in [0.717, 1.165) is 18.0 Å². The lowest BCUT2D eigenvalue weighted by molar-refractivity contribution is 0.0945. The van der Waals surface area contributed by atoms with Gasteiger partial charge >= 0.3 is 0 Å². The molecular formula is C13H14F2N4O. The van der Waals surface area contributed by atoms with E-state index in [2.05, 4.69) is 10.3 Å². The second-order valence-electron chi connectivity index (χ2n) is 4.29. The summed E-state index contributed by atoms with van der Waals surface area (Å²) in [4.78, 5) is 15.9. The number of benzene rings is 1. The number of aromatic nitrogens is 2. The second kappa shape index (κ2) is 5.68. The Kier molecular flexibility index (Phi) is 3.97. The van der Waals surface area contributed by atoms with E-state index in [1.165, 1.54) is 0 Å². The largest absolute Gasteiger partial charge is 0.396 e. The number of aryl methyl sites for hydroxylation is 1. The Balaban J connectivity index is 2.03. The maximum absolute atomic E-state index is 13.6. The number of anilines is 1. The van der Waals surface area contributed by atoms with Crippen molar-refractivity contribution in [3.63, 3.8) is 0 Å². The molecule has 2 rings (SSSR count). The van der Waals surface area contributed by atoms with Crippen LogP contribution in [0.15, 0.2) is 24.5 Å². The van der Waals surface area contributed by atoms with Crippen molar-refractivity contribution < 1.29 is 13.6 Å². The summed E-state index contributed by atoms with van der Waals surface area (Å²) in [5.41, 5.74) is 4.39. The summed E-state index contributed by atoms with van der Waals surface area (Å²) in [5, 5.41) is 2.45. The van der Waals surface area contributed by atoms with E-state index in [1.54, 1.807) is 17.0 Å². The number of carbonyl (C=O) groups excluding carboxylic acids is 1. The molecule has 0 aliphatic heterocycles. The predicted octanol–water partition coefficient (Wildman–Crippen LogP) is 1.25. The average Bonchev–Trinajstić information content (AvgIpc) is 2.80. The molecule has 0 unspecified atom stereocenters. The number of rotatable bonds is 4. The second-order valence-corrected chi connectivity index (χ2v) is 4.29. The summed E-state index contributed by atoms with van der Waals surface area (Å²) >= 11 is 0. The fourth-order valence-corrected chi connectivity index (χ4v) is 1.79. The van der Waals surface area contributed by atoms with Crippen LogP contribution in [-0.4, -0.2) is 22.0 Å². The first-order valence-electron chi connectivity index (χ1n) is 5.98. The van der Waals surface area contributed by atoms with Crippen molar-refractivity contribution in [1.29, 1.82) is 0 Å². The third kappa shape index (κ3) is 2.76. The van der Waals surface area contributed by atoms with E-state index in [9.17, 15) is 13.6 Å². The number of hydrogen-bond acceptors (Lipinski definition) is 3. The minimum atomic E-state index is -1.04. The molecule has 20 heavy (non-hydrogen) atoms. The molecule has 0 bridgehead atoms. The Bertz CT molecular complexity index is 639. The van der Waals surface area contributed by atoms with E-state index >= 15 is 0 Å². The standard InChI is InChI=1S/C13H14F2N4O/c1-19-7-6-17-10(19)4-5-18-13(20)11-8(14)2-3-9(16)12(11)15/h2-3,6-7H,4-5,16H2,1H3,(H,18,20). The number of hydrogen-bond donors (Lipinski definition) is 2. The van der Waals surface area contributed by atoms with Gasteiger partial charge < -0.3 is 15.6 Å². The molecule has 0 atom stereocenters. The molecule has 0 saturated carbocycles. The van der Waals surface area contributed by atoms with Gasteiger partial charge in [-0.1, -0.05) is 0 Å². The smallest absolute Gasteiger partial charge is 0.257 e. The van der Waals surface area contributed by atoms with Crippen LogP contribution in [0.2, 0.25) is 0 Å².